The van der Waals surface area contributed by atoms with Crippen molar-refractivity contribution in [2.24, 2.45) is 0 Å². The summed E-state index contributed by atoms with van der Waals surface area (Å²) in [4.78, 5) is 9.34. The molecule has 0 saturated carbocycles. The van der Waals surface area contributed by atoms with Crippen LogP contribution in [0.5, 0.6) is 0 Å². The van der Waals surface area contributed by atoms with E-state index >= 15 is 0 Å². The molecule has 7 aromatic rings. The first-order valence-corrected chi connectivity index (χ1v) is 18.2. The number of hydrogen-bond acceptors (Lipinski definition) is 3. The van der Waals surface area contributed by atoms with Crippen LogP contribution in [0.4, 0.5) is 11.4 Å². The average Bonchev–Trinajstić information content (AvgIpc) is 3.77. The Morgan fingerprint density at radius 2 is 1.30 bits per heavy atom. The van der Waals surface area contributed by atoms with Gasteiger partial charge in [0.25, 0.3) is 0 Å². The minimum Gasteiger partial charge on any atom is -0.500 e. The molecule has 0 atom stereocenters. The maximum Gasteiger partial charge on any atom is 0.191 e. The van der Waals surface area contributed by atoms with Crippen LogP contribution in [-0.2, 0) is 26.5 Å². The van der Waals surface area contributed by atoms with Gasteiger partial charge in [0.15, 0.2) is 6.71 Å². The van der Waals surface area contributed by atoms with Crippen molar-refractivity contribution in [1.29, 1.82) is 0 Å². The number of hydrogen-bond donors (Lipinski definition) is 0. The van der Waals surface area contributed by atoms with Gasteiger partial charge in [-0.15, -0.1) is 17.7 Å². The number of rotatable bonds is 6. The van der Waals surface area contributed by atoms with Crippen LogP contribution in [0.1, 0.15) is 54.2 Å². The zero-order valence-electron chi connectivity index (χ0n) is 31.7. The Kier molecular flexibility index (Phi) is 9.76. The molecular weight excluding hydrogens is 826 g/mol. The van der Waals surface area contributed by atoms with Gasteiger partial charge in [-0.05, 0) is 109 Å². The molecule has 0 aliphatic carbocycles. The molecule has 0 radical (unpaired) electrons. The number of benzene rings is 5. The first-order chi connectivity index (χ1) is 25.0. The second kappa shape index (κ2) is 14.2. The van der Waals surface area contributed by atoms with Crippen molar-refractivity contribution in [1.82, 2.24) is 9.55 Å². The van der Waals surface area contributed by atoms with Gasteiger partial charge in [0.05, 0.1) is 0 Å². The SMILES string of the molecule is Cc1c(C)c(C)c(N2C=CN(c3[c-]c(B(c4[c-]c5c(cc4)c4ccccc4n5-c4cc(C(C)(C)C)ccn4)c4ccccc4)ccc3)[CH-]2)c(C)c1C.[Pt]. The topological polar surface area (TPSA) is 24.3 Å². The molecule has 8 rings (SSSR count). The van der Waals surface area contributed by atoms with E-state index in [9.17, 15) is 0 Å². The summed E-state index contributed by atoms with van der Waals surface area (Å²) in [6.45, 7) is 20.0. The maximum atomic E-state index is 4.91. The van der Waals surface area contributed by atoms with Gasteiger partial charge in [-0.2, -0.15) is 53.4 Å². The molecule has 0 amide bonds. The van der Waals surface area contributed by atoms with E-state index in [4.69, 9.17) is 4.98 Å². The normalized spacial score (nSPS) is 12.9. The van der Waals surface area contributed by atoms with Crippen LogP contribution in [0.25, 0.3) is 27.6 Å². The standard InChI is InChI=1S/C47H44BN4.Pt/c1-31-32(2)34(4)46(35(5)33(31)3)51-26-25-50(30-51)40-18-14-17-38(28-40)48(37-15-10-9-11-16-37)39-21-22-42-41-19-12-13-20-43(41)52(44(42)29-39)45-27-36(23-24-49-45)47(6,7)8;/h9-27,30H,1-8H3;/q-3;. The van der Waals surface area contributed by atoms with Crippen LogP contribution in [0.15, 0.2) is 116 Å². The Balaban J connectivity index is 0.00000435. The summed E-state index contributed by atoms with van der Waals surface area (Å²) in [5, 5.41) is 2.36. The average molecular weight is 871 g/mol. The summed E-state index contributed by atoms with van der Waals surface area (Å²) in [7, 11) is 0. The number of aromatic nitrogens is 2. The van der Waals surface area contributed by atoms with Crippen LogP contribution in [-0.4, -0.2) is 16.3 Å². The van der Waals surface area contributed by atoms with Crippen LogP contribution in [0, 0.1) is 53.4 Å². The number of anilines is 2. The van der Waals surface area contributed by atoms with Crippen LogP contribution >= 0.6 is 0 Å². The second-order valence-corrected chi connectivity index (χ2v) is 15.2. The molecule has 0 unspecified atom stereocenters. The van der Waals surface area contributed by atoms with Crippen molar-refractivity contribution in [3.05, 3.63) is 168 Å². The van der Waals surface area contributed by atoms with Crippen LogP contribution in [0.3, 0.4) is 0 Å². The number of pyridine rings is 1. The minimum absolute atomic E-state index is 0. The van der Waals surface area contributed by atoms with E-state index in [1.807, 2.05) is 6.20 Å². The third-order valence-corrected chi connectivity index (χ3v) is 11.1. The van der Waals surface area contributed by atoms with E-state index in [2.05, 4.69) is 198 Å². The molecule has 2 aromatic heterocycles. The van der Waals surface area contributed by atoms with E-state index in [1.165, 1.54) is 49.9 Å². The summed E-state index contributed by atoms with van der Waals surface area (Å²) in [5.74, 6) is 0.905. The van der Waals surface area contributed by atoms with E-state index in [0.29, 0.717) is 0 Å². The largest absolute Gasteiger partial charge is 0.500 e. The summed E-state index contributed by atoms with van der Waals surface area (Å²) >= 11 is 0. The summed E-state index contributed by atoms with van der Waals surface area (Å²) in [5.41, 5.74) is 15.7. The van der Waals surface area contributed by atoms with Crippen LogP contribution < -0.4 is 26.2 Å². The molecular formula is C47H44BN4Pt-3. The molecule has 268 valence electrons. The van der Waals surface area contributed by atoms with Crippen molar-refractivity contribution in [2.75, 3.05) is 9.80 Å². The second-order valence-electron chi connectivity index (χ2n) is 15.2. The van der Waals surface area contributed by atoms with Gasteiger partial charge in [0.1, 0.15) is 5.82 Å². The first kappa shape index (κ1) is 36.5. The van der Waals surface area contributed by atoms with Gasteiger partial charge < -0.3 is 14.4 Å². The van der Waals surface area contributed by atoms with Crippen LogP contribution in [0.2, 0.25) is 0 Å². The molecule has 6 heteroatoms. The summed E-state index contributed by atoms with van der Waals surface area (Å²) in [6.07, 6.45) is 6.22. The molecule has 0 N–H and O–H groups in total. The summed E-state index contributed by atoms with van der Waals surface area (Å²) < 4.78 is 2.28. The predicted octanol–water partition coefficient (Wildman–Crippen LogP) is 9.05. The Morgan fingerprint density at radius 1 is 0.642 bits per heavy atom. The third kappa shape index (κ3) is 6.44. The Hall–Kier alpha value is -4.86. The van der Waals surface area contributed by atoms with Gasteiger partial charge in [-0.1, -0.05) is 80.3 Å². The van der Waals surface area contributed by atoms with E-state index < -0.39 is 0 Å². The molecule has 53 heavy (non-hydrogen) atoms. The number of nitrogens with zero attached hydrogens (tertiary/aromatic N) is 4. The van der Waals surface area contributed by atoms with Crippen molar-refractivity contribution in [3.63, 3.8) is 0 Å². The molecule has 1 aliphatic rings. The summed E-state index contributed by atoms with van der Waals surface area (Å²) in [6, 6.07) is 42.5. The molecule has 5 aromatic carbocycles. The number of fused-ring (bicyclic) bond motifs is 3. The Labute approximate surface area is 329 Å². The monoisotopic (exact) mass is 870 g/mol. The molecule has 0 saturated heterocycles. The van der Waals surface area contributed by atoms with Crippen molar-refractivity contribution < 1.29 is 21.1 Å². The minimum atomic E-state index is -0.0829. The quantitative estimate of drug-likeness (QED) is 0.123. The molecule has 0 bridgehead atoms. The Bertz CT molecular complexity index is 2480. The zero-order chi connectivity index (χ0) is 36.3. The third-order valence-electron chi connectivity index (χ3n) is 11.1. The molecule has 1 aliphatic heterocycles. The van der Waals surface area contributed by atoms with Gasteiger partial charge in [0.2, 0.25) is 0 Å². The first-order valence-electron chi connectivity index (χ1n) is 18.2. The molecule has 0 spiro atoms. The molecule has 0 fully saturated rings. The zero-order valence-corrected chi connectivity index (χ0v) is 34.0. The fraction of sp³-hybridized carbons (Fsp3) is 0.191. The molecule has 3 heterocycles. The van der Waals surface area contributed by atoms with Gasteiger partial charge >= 0.3 is 0 Å². The van der Waals surface area contributed by atoms with Gasteiger partial charge in [0, 0.05) is 38.5 Å². The van der Waals surface area contributed by atoms with E-state index in [0.717, 1.165) is 38.9 Å². The van der Waals surface area contributed by atoms with Gasteiger partial charge in [-0.25, -0.2) is 4.98 Å². The van der Waals surface area contributed by atoms with Gasteiger partial charge in [-0.3, -0.25) is 0 Å². The predicted molar refractivity (Wildman–Crippen MR) is 221 cm³/mol. The van der Waals surface area contributed by atoms with Crippen molar-refractivity contribution in [3.8, 4) is 5.82 Å². The fourth-order valence-electron chi connectivity index (χ4n) is 7.78. The maximum absolute atomic E-state index is 4.91. The fourth-order valence-corrected chi connectivity index (χ4v) is 7.78. The van der Waals surface area contributed by atoms with Crippen molar-refractivity contribution in [2.45, 2.75) is 60.8 Å². The van der Waals surface area contributed by atoms with E-state index in [1.54, 1.807) is 0 Å². The smallest absolute Gasteiger partial charge is 0.191 e. The molecule has 4 nitrogen and oxygen atoms in total. The van der Waals surface area contributed by atoms with E-state index in [-0.39, 0.29) is 33.2 Å². The van der Waals surface area contributed by atoms with Crippen molar-refractivity contribution >= 4 is 56.3 Å². The Morgan fingerprint density at radius 3 is 2.04 bits per heavy atom. The number of para-hydroxylation sites is 1.